The van der Waals surface area contributed by atoms with E-state index < -0.39 is 36.4 Å². The van der Waals surface area contributed by atoms with E-state index >= 15 is 0 Å². The van der Waals surface area contributed by atoms with Crippen LogP contribution in [0.25, 0.3) is 0 Å². The summed E-state index contributed by atoms with van der Waals surface area (Å²) in [5.74, 6) is -1.89. The lowest BCUT2D eigenvalue weighted by atomic mass is 9.99. The molecule has 1 heterocycles. The third-order valence-electron chi connectivity index (χ3n) is 3.68. The van der Waals surface area contributed by atoms with Crippen LogP contribution in [-0.2, 0) is 30.4 Å². The van der Waals surface area contributed by atoms with Gasteiger partial charge in [0.2, 0.25) is 0 Å². The smallest absolute Gasteiger partial charge is 0.397 e. The van der Waals surface area contributed by atoms with Gasteiger partial charge in [-0.2, -0.15) is 0 Å². The van der Waals surface area contributed by atoms with E-state index in [-0.39, 0.29) is 13.0 Å². The van der Waals surface area contributed by atoms with Crippen LogP contribution in [-0.4, -0.2) is 48.6 Å². The lowest BCUT2D eigenvalue weighted by molar-refractivity contribution is -0.215. The van der Waals surface area contributed by atoms with Crippen molar-refractivity contribution in [1.29, 1.82) is 0 Å². The molecule has 0 radical (unpaired) electrons. The van der Waals surface area contributed by atoms with Crippen LogP contribution in [0.4, 0.5) is 0 Å². The van der Waals surface area contributed by atoms with Gasteiger partial charge in [0.25, 0.3) is 0 Å². The molecule has 0 aliphatic carbocycles. The highest BCUT2D eigenvalue weighted by Crippen LogP contribution is 2.20. The summed E-state index contributed by atoms with van der Waals surface area (Å²) in [4.78, 5) is 23.7. The van der Waals surface area contributed by atoms with Crippen molar-refractivity contribution in [3.63, 3.8) is 0 Å². The molecule has 1 aromatic carbocycles. The zero-order valence-corrected chi connectivity index (χ0v) is 13.1. The Bertz CT molecular complexity index is 535. The molecule has 23 heavy (non-hydrogen) atoms. The summed E-state index contributed by atoms with van der Waals surface area (Å²) in [6.07, 6.45) is -1.73. The summed E-state index contributed by atoms with van der Waals surface area (Å²) in [6, 6.07) is 8.41. The molecule has 0 spiro atoms. The summed E-state index contributed by atoms with van der Waals surface area (Å²) < 4.78 is 15.4. The fourth-order valence-corrected chi connectivity index (χ4v) is 2.36. The Labute approximate surface area is 134 Å². The van der Waals surface area contributed by atoms with Gasteiger partial charge in [-0.25, -0.2) is 4.79 Å². The van der Waals surface area contributed by atoms with Crippen molar-refractivity contribution in [2.75, 3.05) is 7.11 Å². The van der Waals surface area contributed by atoms with Crippen molar-refractivity contribution in [2.24, 2.45) is 0 Å². The van der Waals surface area contributed by atoms with Gasteiger partial charge in [-0.15, -0.1) is 0 Å². The van der Waals surface area contributed by atoms with Gasteiger partial charge >= 0.3 is 11.9 Å². The number of aliphatic hydroxyl groups is 1. The van der Waals surface area contributed by atoms with Crippen LogP contribution < -0.4 is 5.32 Å². The average molecular weight is 323 g/mol. The number of carbonyl (C=O) groups excluding carboxylic acids is 2. The Hall–Kier alpha value is -1.96. The monoisotopic (exact) mass is 323 g/mol. The number of hydrogen-bond donors (Lipinski definition) is 2. The topological polar surface area (TPSA) is 94.1 Å². The second-order valence-electron chi connectivity index (χ2n) is 5.37. The van der Waals surface area contributed by atoms with Gasteiger partial charge in [0, 0.05) is 13.5 Å². The first-order valence-electron chi connectivity index (χ1n) is 7.39. The van der Waals surface area contributed by atoms with Crippen LogP contribution in [0.3, 0.4) is 0 Å². The number of nitrogens with one attached hydrogen (secondary N) is 1. The average Bonchev–Trinajstić information content (AvgIpc) is 2.57. The number of rotatable bonds is 4. The number of aliphatic hydroxyl groups excluding tert-OH is 1. The molecule has 1 aliphatic rings. The summed E-state index contributed by atoms with van der Waals surface area (Å²) in [5, 5.41) is 12.5. The predicted molar refractivity (Wildman–Crippen MR) is 80.1 cm³/mol. The second kappa shape index (κ2) is 8.05. The fraction of sp³-hybridized carbons (Fsp3) is 0.500. The predicted octanol–water partition coefficient (Wildman–Crippen LogP) is 0.357. The molecular weight excluding hydrogens is 302 g/mol. The second-order valence-corrected chi connectivity index (χ2v) is 5.37. The Morgan fingerprint density at radius 2 is 2.04 bits per heavy atom. The molecule has 1 amide bonds. The summed E-state index contributed by atoms with van der Waals surface area (Å²) in [7, 11) is 1.47. The lowest BCUT2D eigenvalue weighted by Crippen LogP contribution is -2.56. The van der Waals surface area contributed by atoms with Crippen LogP contribution in [0.5, 0.6) is 0 Å². The Morgan fingerprint density at radius 1 is 1.35 bits per heavy atom. The van der Waals surface area contributed by atoms with Gasteiger partial charge in [0.1, 0.15) is 12.7 Å². The first kappa shape index (κ1) is 17.4. The maximum atomic E-state index is 11.9. The molecule has 126 valence electrons. The Kier molecular flexibility index (Phi) is 6.09. The van der Waals surface area contributed by atoms with Crippen molar-refractivity contribution in [1.82, 2.24) is 5.32 Å². The number of carbonyl (C=O) groups is 2. The van der Waals surface area contributed by atoms with E-state index in [1.165, 1.54) is 7.11 Å². The summed E-state index contributed by atoms with van der Waals surface area (Å²) >= 11 is 0. The number of benzene rings is 1. The zero-order valence-electron chi connectivity index (χ0n) is 13.1. The van der Waals surface area contributed by atoms with E-state index in [1.807, 2.05) is 18.2 Å². The van der Waals surface area contributed by atoms with Crippen molar-refractivity contribution < 1.29 is 28.9 Å². The lowest BCUT2D eigenvalue weighted by Gasteiger charge is -2.37. The zero-order chi connectivity index (χ0) is 16.8. The van der Waals surface area contributed by atoms with Gasteiger partial charge in [-0.05, 0) is 12.5 Å². The maximum Gasteiger partial charge on any atom is 0.397 e. The van der Waals surface area contributed by atoms with Gasteiger partial charge < -0.3 is 24.6 Å². The van der Waals surface area contributed by atoms with E-state index in [9.17, 15) is 14.7 Å². The summed E-state index contributed by atoms with van der Waals surface area (Å²) in [6.45, 7) is 1.68. The highest BCUT2D eigenvalue weighted by molar-refractivity contribution is 6.32. The molecular formula is C16H21NO6. The molecule has 7 nitrogen and oxygen atoms in total. The number of hydrogen-bond acceptors (Lipinski definition) is 6. The molecule has 0 unspecified atom stereocenters. The normalized spacial score (nSPS) is 27.3. The third-order valence-corrected chi connectivity index (χ3v) is 3.68. The van der Waals surface area contributed by atoms with Crippen LogP contribution in [0.15, 0.2) is 30.3 Å². The Morgan fingerprint density at radius 3 is 2.70 bits per heavy atom. The van der Waals surface area contributed by atoms with E-state index in [0.717, 1.165) is 5.56 Å². The van der Waals surface area contributed by atoms with Gasteiger partial charge in [0.15, 0.2) is 6.29 Å². The third kappa shape index (κ3) is 4.75. The van der Waals surface area contributed by atoms with Crippen LogP contribution >= 0.6 is 0 Å². The number of methoxy groups -OCH3 is 1. The fourth-order valence-electron chi connectivity index (χ4n) is 2.36. The van der Waals surface area contributed by atoms with Crippen LogP contribution in [0.2, 0.25) is 0 Å². The van der Waals surface area contributed by atoms with E-state index in [2.05, 4.69) is 5.32 Å². The van der Waals surface area contributed by atoms with Crippen LogP contribution in [0, 0.1) is 0 Å². The molecule has 1 saturated heterocycles. The number of esters is 1. The highest BCUT2D eigenvalue weighted by atomic mass is 16.7. The molecule has 1 aromatic rings. The van der Waals surface area contributed by atoms with Gasteiger partial charge in [-0.3, -0.25) is 4.79 Å². The minimum absolute atomic E-state index is 0.0144. The summed E-state index contributed by atoms with van der Waals surface area (Å²) in [5.41, 5.74) is 0.785. The molecule has 1 aliphatic heterocycles. The first-order valence-corrected chi connectivity index (χ1v) is 7.39. The minimum Gasteiger partial charge on any atom is -0.454 e. The molecule has 0 bridgehead atoms. The largest absolute Gasteiger partial charge is 0.454 e. The van der Waals surface area contributed by atoms with Crippen LogP contribution in [0.1, 0.15) is 18.9 Å². The SMILES string of the molecule is CO[C@H]1C[C@H](NC(=O)C(=O)OCc2ccccc2)[C@H](O)[C@H](C)O1. The molecule has 7 heteroatoms. The molecule has 2 rings (SSSR count). The van der Waals surface area contributed by atoms with Gasteiger partial charge in [-0.1, -0.05) is 30.3 Å². The van der Waals surface area contributed by atoms with E-state index in [1.54, 1.807) is 19.1 Å². The van der Waals surface area contributed by atoms with Gasteiger partial charge in [0.05, 0.1) is 12.1 Å². The maximum absolute atomic E-state index is 11.9. The number of amides is 1. The van der Waals surface area contributed by atoms with E-state index in [0.29, 0.717) is 0 Å². The first-order chi connectivity index (χ1) is 11.0. The molecule has 0 aromatic heterocycles. The quantitative estimate of drug-likeness (QED) is 0.614. The molecule has 2 N–H and O–H groups in total. The minimum atomic E-state index is -0.992. The molecule has 1 fully saturated rings. The van der Waals surface area contributed by atoms with Crippen molar-refractivity contribution >= 4 is 11.9 Å². The molecule has 4 atom stereocenters. The van der Waals surface area contributed by atoms with Crippen molar-refractivity contribution in [2.45, 2.75) is 44.5 Å². The highest BCUT2D eigenvalue weighted by Gasteiger charge is 2.37. The Balaban J connectivity index is 1.86. The molecule has 0 saturated carbocycles. The number of ether oxygens (including phenoxy) is 3. The standard InChI is InChI=1S/C16H21NO6/c1-10-14(18)12(8-13(21-2)23-10)17-15(19)16(20)22-9-11-6-4-3-5-7-11/h3-7,10,12-14,18H,8-9H2,1-2H3,(H,17,19)/t10-,12-,13+,14+/m0/s1. The van der Waals surface area contributed by atoms with Crippen molar-refractivity contribution in [3.8, 4) is 0 Å². The van der Waals surface area contributed by atoms with E-state index in [4.69, 9.17) is 14.2 Å². The van der Waals surface area contributed by atoms with Crippen molar-refractivity contribution in [3.05, 3.63) is 35.9 Å².